The van der Waals surface area contributed by atoms with E-state index < -0.39 is 4.92 Å². The Kier molecular flexibility index (Phi) is 8.71. The Morgan fingerprint density at radius 2 is 1.70 bits per heavy atom. The molecule has 0 N–H and O–H groups in total. The van der Waals surface area contributed by atoms with E-state index >= 15 is 0 Å². The van der Waals surface area contributed by atoms with Gasteiger partial charge in [-0.1, -0.05) is 55.7 Å². The highest BCUT2D eigenvalue weighted by Crippen LogP contribution is 2.27. The molecule has 0 bridgehead atoms. The van der Waals surface area contributed by atoms with Gasteiger partial charge < -0.3 is 9.80 Å². The van der Waals surface area contributed by atoms with Crippen molar-refractivity contribution >= 4 is 28.8 Å². The van der Waals surface area contributed by atoms with E-state index in [0.29, 0.717) is 18.7 Å². The summed E-state index contributed by atoms with van der Waals surface area (Å²) in [5.74, 6) is -0.451. The number of hydrogen-bond acceptors (Lipinski definition) is 5. The predicted molar refractivity (Wildman–Crippen MR) is 145 cm³/mol. The third-order valence-electron chi connectivity index (χ3n) is 7.11. The van der Waals surface area contributed by atoms with Crippen molar-refractivity contribution in [2.45, 2.75) is 65.1 Å². The maximum Gasteiger partial charge on any atom is 0.273 e. The first-order chi connectivity index (χ1) is 17.8. The molecule has 1 aliphatic carbocycles. The number of nitro benzene ring substituents is 1. The Morgan fingerprint density at radius 3 is 2.35 bits per heavy atom. The van der Waals surface area contributed by atoms with Crippen LogP contribution in [0.5, 0.6) is 0 Å². The van der Waals surface area contributed by atoms with Crippen molar-refractivity contribution < 1.29 is 14.5 Å². The van der Waals surface area contributed by atoms with E-state index in [4.69, 9.17) is 0 Å². The normalized spacial score (nSPS) is 13.8. The highest BCUT2D eigenvalue weighted by Gasteiger charge is 2.31. The number of carbonyl (C=O) groups excluding carboxylic acids is 2. The lowest BCUT2D eigenvalue weighted by Crippen LogP contribution is -2.48. The molecule has 0 aliphatic heterocycles. The molecule has 1 fully saturated rings. The average Bonchev–Trinajstić information content (AvgIpc) is 3.31. The second-order valence-corrected chi connectivity index (χ2v) is 10.7. The Morgan fingerprint density at radius 1 is 0.973 bits per heavy atom. The molecule has 194 valence electrons. The number of rotatable bonds is 9. The van der Waals surface area contributed by atoms with Gasteiger partial charge in [0.2, 0.25) is 5.91 Å². The molecule has 1 heterocycles. The monoisotopic (exact) mass is 519 g/mol. The van der Waals surface area contributed by atoms with Crippen LogP contribution in [0.1, 0.15) is 64.0 Å². The number of hydrogen-bond donors (Lipinski definition) is 0. The minimum Gasteiger partial charge on any atom is -0.332 e. The third-order valence-corrected chi connectivity index (χ3v) is 8.11. The predicted octanol–water partition coefficient (Wildman–Crippen LogP) is 6.28. The molecular formula is C29H33N3O4S. The lowest BCUT2D eigenvalue weighted by atomic mass is 9.93. The second-order valence-electron chi connectivity index (χ2n) is 9.75. The van der Waals surface area contributed by atoms with Gasteiger partial charge in [-0.25, -0.2) is 0 Å². The molecule has 3 aromatic rings. The molecule has 1 saturated carbocycles. The van der Waals surface area contributed by atoms with Crippen LogP contribution < -0.4 is 0 Å². The fourth-order valence-electron chi connectivity index (χ4n) is 4.89. The van der Waals surface area contributed by atoms with Crippen LogP contribution in [0.15, 0.2) is 60.0 Å². The second kappa shape index (κ2) is 12.1. The average molecular weight is 520 g/mol. The molecule has 8 heteroatoms. The molecule has 1 aliphatic rings. The summed E-state index contributed by atoms with van der Waals surface area (Å²) in [5, 5.41) is 13.5. The molecule has 0 saturated heterocycles. The SMILES string of the molecule is Cc1ccc(C(=O)N(CC(=O)N(Cc2ccccc2)Cc2sccc2C)C2CCCCC2)cc1[N+](=O)[O-]. The number of nitrogens with zero attached hydrogens (tertiary/aromatic N) is 3. The zero-order chi connectivity index (χ0) is 26.4. The lowest BCUT2D eigenvalue weighted by Gasteiger charge is -2.35. The van der Waals surface area contributed by atoms with E-state index in [-0.39, 0.29) is 35.7 Å². The molecule has 1 aromatic heterocycles. The summed E-state index contributed by atoms with van der Waals surface area (Å²) in [7, 11) is 0. The zero-order valence-electron chi connectivity index (χ0n) is 21.4. The Labute approximate surface area is 221 Å². The van der Waals surface area contributed by atoms with E-state index in [9.17, 15) is 19.7 Å². The van der Waals surface area contributed by atoms with Gasteiger partial charge in [0, 0.05) is 34.7 Å². The van der Waals surface area contributed by atoms with Crippen LogP contribution in [0, 0.1) is 24.0 Å². The van der Waals surface area contributed by atoms with Crippen LogP contribution in [0.2, 0.25) is 0 Å². The van der Waals surface area contributed by atoms with E-state index in [0.717, 1.165) is 48.1 Å². The quantitative estimate of drug-likeness (QED) is 0.246. The van der Waals surface area contributed by atoms with Crippen molar-refractivity contribution in [2.24, 2.45) is 0 Å². The van der Waals surface area contributed by atoms with E-state index in [1.54, 1.807) is 35.3 Å². The maximum absolute atomic E-state index is 13.8. The van der Waals surface area contributed by atoms with Crippen LogP contribution in [-0.2, 0) is 17.9 Å². The highest BCUT2D eigenvalue weighted by molar-refractivity contribution is 7.10. The highest BCUT2D eigenvalue weighted by atomic mass is 32.1. The molecule has 7 nitrogen and oxygen atoms in total. The van der Waals surface area contributed by atoms with Crippen LogP contribution in [-0.4, -0.2) is 39.1 Å². The molecule has 0 atom stereocenters. The van der Waals surface area contributed by atoms with Crippen LogP contribution >= 0.6 is 11.3 Å². The van der Waals surface area contributed by atoms with Crippen LogP contribution in [0.3, 0.4) is 0 Å². The van der Waals surface area contributed by atoms with Gasteiger partial charge >= 0.3 is 0 Å². The fraction of sp³-hybridized carbons (Fsp3) is 0.379. The summed E-state index contributed by atoms with van der Waals surface area (Å²) in [6, 6.07) is 16.4. The van der Waals surface area contributed by atoms with Gasteiger partial charge in [0.05, 0.1) is 11.5 Å². The van der Waals surface area contributed by atoms with Crippen molar-refractivity contribution in [1.82, 2.24) is 9.80 Å². The van der Waals surface area contributed by atoms with Crippen molar-refractivity contribution in [2.75, 3.05) is 6.54 Å². The largest absolute Gasteiger partial charge is 0.332 e. The van der Waals surface area contributed by atoms with Crippen molar-refractivity contribution in [3.8, 4) is 0 Å². The third kappa shape index (κ3) is 6.63. The van der Waals surface area contributed by atoms with Crippen molar-refractivity contribution in [1.29, 1.82) is 0 Å². The first kappa shape index (κ1) is 26.5. The molecular weight excluding hydrogens is 486 g/mol. The molecule has 0 unspecified atom stereocenters. The summed E-state index contributed by atoms with van der Waals surface area (Å²) in [6.45, 7) is 4.56. The Bertz CT molecular complexity index is 1250. The smallest absolute Gasteiger partial charge is 0.273 e. The van der Waals surface area contributed by atoms with Gasteiger partial charge in [0.15, 0.2) is 0 Å². The van der Waals surface area contributed by atoms with Crippen LogP contribution in [0.25, 0.3) is 0 Å². The summed E-state index contributed by atoms with van der Waals surface area (Å²) in [4.78, 5) is 43.2. The lowest BCUT2D eigenvalue weighted by molar-refractivity contribution is -0.385. The Hall–Kier alpha value is -3.52. The number of amides is 2. The molecule has 2 amide bonds. The molecule has 0 spiro atoms. The van der Waals surface area contributed by atoms with Gasteiger partial charge in [0.25, 0.3) is 11.6 Å². The number of benzene rings is 2. The summed E-state index contributed by atoms with van der Waals surface area (Å²) in [5.41, 5.74) is 2.83. The van der Waals surface area contributed by atoms with E-state index in [2.05, 4.69) is 0 Å². The molecule has 37 heavy (non-hydrogen) atoms. The van der Waals surface area contributed by atoms with Gasteiger partial charge in [-0.15, -0.1) is 11.3 Å². The van der Waals surface area contributed by atoms with E-state index in [1.807, 2.05) is 53.6 Å². The van der Waals surface area contributed by atoms with Crippen molar-refractivity contribution in [3.05, 3.63) is 97.2 Å². The molecule has 0 radical (unpaired) electrons. The molecule has 2 aromatic carbocycles. The minimum atomic E-state index is -0.465. The topological polar surface area (TPSA) is 83.8 Å². The van der Waals surface area contributed by atoms with Crippen molar-refractivity contribution in [3.63, 3.8) is 0 Å². The van der Waals surface area contributed by atoms with E-state index in [1.165, 1.54) is 6.07 Å². The Balaban J connectivity index is 1.62. The summed E-state index contributed by atoms with van der Waals surface area (Å²) >= 11 is 1.62. The first-order valence-corrected chi connectivity index (χ1v) is 13.6. The van der Waals surface area contributed by atoms with Gasteiger partial charge in [-0.05, 0) is 55.3 Å². The number of thiophene rings is 1. The van der Waals surface area contributed by atoms with Gasteiger partial charge in [-0.3, -0.25) is 19.7 Å². The summed E-state index contributed by atoms with van der Waals surface area (Å²) in [6.07, 6.45) is 4.77. The summed E-state index contributed by atoms with van der Waals surface area (Å²) < 4.78 is 0. The van der Waals surface area contributed by atoms with Crippen LogP contribution in [0.4, 0.5) is 5.69 Å². The number of aryl methyl sites for hydroxylation is 2. The molecule has 4 rings (SSSR count). The number of carbonyl (C=O) groups is 2. The standard InChI is InChI=1S/C29H33N3O4S/c1-21-13-14-24(17-26(21)32(35)36)29(34)31(25-11-7-4-8-12-25)20-28(33)30(18-23-9-5-3-6-10-23)19-27-22(2)15-16-37-27/h3,5-6,9-10,13-17,25H,4,7-8,11-12,18-20H2,1-2H3. The minimum absolute atomic E-state index is 0.0531. The first-order valence-electron chi connectivity index (χ1n) is 12.7. The maximum atomic E-state index is 13.8. The number of nitro groups is 1. The van der Waals surface area contributed by atoms with Gasteiger partial charge in [0.1, 0.15) is 6.54 Å². The zero-order valence-corrected chi connectivity index (χ0v) is 22.2. The van der Waals surface area contributed by atoms with Gasteiger partial charge in [-0.2, -0.15) is 0 Å². The fourth-order valence-corrected chi connectivity index (χ4v) is 5.81.